The van der Waals surface area contributed by atoms with Gasteiger partial charge in [-0.05, 0) is 132 Å². The molecular weight excluding hydrogens is 787 g/mol. The Labute approximate surface area is 374 Å². The summed E-state index contributed by atoms with van der Waals surface area (Å²) in [6.45, 7) is 12.7. The van der Waals surface area contributed by atoms with Crippen molar-refractivity contribution in [3.8, 4) is 0 Å². The second-order valence-electron chi connectivity index (χ2n) is 19.9. The van der Waals surface area contributed by atoms with Gasteiger partial charge in [0.1, 0.15) is 18.3 Å². The van der Waals surface area contributed by atoms with Crippen LogP contribution < -0.4 is 38.5 Å². The first-order valence-electron chi connectivity index (χ1n) is 25.1. The maximum atomic E-state index is 13.6. The monoisotopic (exact) mass is 876 g/mol. The topological polar surface area (TPSA) is 222 Å². The first kappa shape index (κ1) is 51.8. The summed E-state index contributed by atoms with van der Waals surface area (Å²) >= 11 is 0. The van der Waals surface area contributed by atoms with Gasteiger partial charge in [0.25, 0.3) is 0 Å². The summed E-state index contributed by atoms with van der Waals surface area (Å²) in [5, 5.41) is 11.9. The fraction of sp³-hybridized carbons (Fsp3) is 0.917. The van der Waals surface area contributed by atoms with Crippen LogP contribution >= 0.6 is 0 Å². The molecule has 14 nitrogen and oxygen atoms in total. The van der Waals surface area contributed by atoms with Crippen LogP contribution in [0, 0.1) is 46.3 Å². The average molecular weight is 876 g/mol. The van der Waals surface area contributed by atoms with E-state index >= 15 is 0 Å². The van der Waals surface area contributed by atoms with E-state index < -0.39 is 23.7 Å². The fourth-order valence-corrected chi connectivity index (χ4v) is 12.4. The van der Waals surface area contributed by atoms with Crippen LogP contribution in [0.15, 0.2) is 0 Å². The van der Waals surface area contributed by atoms with Gasteiger partial charge in [0.2, 0.25) is 5.91 Å². The van der Waals surface area contributed by atoms with Crippen LogP contribution in [0.1, 0.15) is 169 Å². The second-order valence-corrected chi connectivity index (χ2v) is 19.9. The third kappa shape index (κ3) is 14.6. The van der Waals surface area contributed by atoms with Crippen molar-refractivity contribution in [3.63, 3.8) is 0 Å². The molecule has 0 aromatic rings. The normalized spacial score (nSPS) is 30.5. The lowest BCUT2D eigenvalue weighted by Crippen LogP contribution is -2.64. The van der Waals surface area contributed by atoms with Gasteiger partial charge in [-0.2, -0.15) is 0 Å². The maximum absolute atomic E-state index is 13.6. The molecule has 0 aliphatic heterocycles. The van der Waals surface area contributed by atoms with Gasteiger partial charge in [0.15, 0.2) is 0 Å². The van der Waals surface area contributed by atoms with E-state index in [9.17, 15) is 19.2 Å². The Morgan fingerprint density at radius 2 is 1.18 bits per heavy atom. The SMILES string of the molecule is CCCCCCCCCCCCNC(=O)CC[C@@H](C)[C@H]1CC[C@H]2[C@@H]3[C@H](OC(=O)NCCCN)C[C@@H]4C[C@H](OC(=O)NCCCN)CC[C@]4(C)[C@H]3C[C@H](OC(=O)NCCCN)[C@]12C. The average Bonchev–Trinajstić information content (AvgIpc) is 3.61. The zero-order valence-corrected chi connectivity index (χ0v) is 39.3. The molecule has 10 N–H and O–H groups in total. The molecule has 358 valence electrons. The quantitative estimate of drug-likeness (QED) is 0.0316. The Kier molecular flexibility index (Phi) is 22.4. The Bertz CT molecular complexity index is 1360. The number of unbranched alkanes of at least 4 members (excludes halogenated alkanes) is 9. The lowest BCUT2D eigenvalue weighted by molar-refractivity contribution is -0.206. The number of rotatable bonds is 27. The van der Waals surface area contributed by atoms with Crippen LogP contribution in [0.25, 0.3) is 0 Å². The van der Waals surface area contributed by atoms with Crippen LogP contribution in [0.2, 0.25) is 0 Å². The highest BCUT2D eigenvalue weighted by Gasteiger charge is 2.68. The third-order valence-corrected chi connectivity index (χ3v) is 15.9. The number of alkyl carbamates (subject to hydrolysis) is 3. The molecule has 4 fully saturated rings. The van der Waals surface area contributed by atoms with E-state index in [2.05, 4.69) is 49.0 Å². The fourth-order valence-electron chi connectivity index (χ4n) is 12.4. The summed E-state index contributed by atoms with van der Waals surface area (Å²) in [7, 11) is 0. The van der Waals surface area contributed by atoms with Crippen LogP contribution in [0.4, 0.5) is 14.4 Å². The summed E-state index contributed by atoms with van der Waals surface area (Å²) in [6, 6.07) is 0. The molecule has 4 aliphatic carbocycles. The first-order chi connectivity index (χ1) is 29.9. The van der Waals surface area contributed by atoms with E-state index in [0.29, 0.717) is 84.2 Å². The molecule has 0 saturated heterocycles. The molecule has 11 atom stereocenters. The van der Waals surface area contributed by atoms with Crippen molar-refractivity contribution in [2.45, 2.75) is 187 Å². The number of carbonyl (C=O) groups excluding carboxylic acids is 4. The van der Waals surface area contributed by atoms with E-state index in [1.54, 1.807) is 0 Å². The lowest BCUT2D eigenvalue weighted by atomic mass is 9.43. The van der Waals surface area contributed by atoms with E-state index in [0.717, 1.165) is 51.5 Å². The molecule has 0 aromatic heterocycles. The van der Waals surface area contributed by atoms with Crippen LogP contribution in [0.3, 0.4) is 0 Å². The number of hydrogen-bond acceptors (Lipinski definition) is 10. The van der Waals surface area contributed by atoms with Crippen molar-refractivity contribution in [1.29, 1.82) is 0 Å². The summed E-state index contributed by atoms with van der Waals surface area (Å²) < 4.78 is 19.0. The van der Waals surface area contributed by atoms with Gasteiger partial charge in [-0.25, -0.2) is 14.4 Å². The Morgan fingerprint density at radius 1 is 0.629 bits per heavy atom. The molecule has 62 heavy (non-hydrogen) atoms. The minimum atomic E-state index is -0.431. The summed E-state index contributed by atoms with van der Waals surface area (Å²) in [6.07, 6.45) is 19.1. The van der Waals surface area contributed by atoms with Gasteiger partial charge in [0, 0.05) is 43.9 Å². The molecule has 0 bridgehead atoms. The Morgan fingerprint density at radius 3 is 1.77 bits per heavy atom. The molecule has 0 radical (unpaired) electrons. The zero-order chi connectivity index (χ0) is 45.0. The van der Waals surface area contributed by atoms with Gasteiger partial charge in [-0.3, -0.25) is 4.79 Å². The molecule has 0 heterocycles. The van der Waals surface area contributed by atoms with Gasteiger partial charge >= 0.3 is 18.3 Å². The Hall–Kier alpha value is -2.84. The molecular formula is C48H89N7O7. The molecule has 0 unspecified atom stereocenters. The predicted octanol–water partition coefficient (Wildman–Crippen LogP) is 7.65. The van der Waals surface area contributed by atoms with Crippen molar-refractivity contribution >= 4 is 24.2 Å². The number of hydrogen-bond donors (Lipinski definition) is 7. The largest absolute Gasteiger partial charge is 0.446 e. The summed E-state index contributed by atoms with van der Waals surface area (Å²) in [5.41, 5.74) is 16.6. The van der Waals surface area contributed by atoms with Crippen LogP contribution in [0.5, 0.6) is 0 Å². The van der Waals surface area contributed by atoms with E-state index in [1.165, 1.54) is 51.4 Å². The van der Waals surface area contributed by atoms with E-state index in [-0.39, 0.29) is 65.1 Å². The van der Waals surface area contributed by atoms with E-state index in [1.807, 2.05) is 0 Å². The van der Waals surface area contributed by atoms with Gasteiger partial charge in [-0.15, -0.1) is 0 Å². The van der Waals surface area contributed by atoms with Crippen molar-refractivity contribution < 1.29 is 33.4 Å². The van der Waals surface area contributed by atoms with Crippen LogP contribution in [-0.4, -0.2) is 88.3 Å². The molecule has 0 spiro atoms. The highest BCUT2D eigenvalue weighted by molar-refractivity contribution is 5.75. The predicted molar refractivity (Wildman–Crippen MR) is 245 cm³/mol. The number of amides is 4. The van der Waals surface area contributed by atoms with Crippen molar-refractivity contribution in [2.24, 2.45) is 63.5 Å². The number of nitrogens with two attached hydrogens (primary N) is 3. The highest BCUT2D eigenvalue weighted by Crippen LogP contribution is 2.69. The number of fused-ring (bicyclic) bond motifs is 5. The maximum Gasteiger partial charge on any atom is 0.407 e. The van der Waals surface area contributed by atoms with Gasteiger partial charge < -0.3 is 52.7 Å². The standard InChI is InChI=1S/C48H89N7O7/c1-5-6-7-8-9-10-11-12-13-14-27-52-42(56)21-18-34(2)37-19-20-38-43-39(33-41(48(37,38)4)62-46(59)55-30-17-26-51)47(3)23-22-36(60-44(57)53-28-15-24-49)31-35(47)32-40(43)61-45(58)54-29-16-25-50/h34-41,43H,5-33,49-51H2,1-4H3,(H,52,56)(H,53,57)(H,54,58)(H,55,59)/t34-,35+,36-,37-,38+,39+,40-,41+,43+,47+,48-/m1/s1. The summed E-state index contributed by atoms with van der Waals surface area (Å²) in [4.78, 5) is 53.0. The Balaban J connectivity index is 1.49. The zero-order valence-electron chi connectivity index (χ0n) is 39.3. The lowest BCUT2D eigenvalue weighted by Gasteiger charge is -2.64. The molecule has 4 aliphatic rings. The van der Waals surface area contributed by atoms with Gasteiger partial charge in [-0.1, -0.05) is 85.5 Å². The minimum absolute atomic E-state index is 0.0558. The molecule has 0 aromatic carbocycles. The van der Waals surface area contributed by atoms with Gasteiger partial charge in [0.05, 0.1) is 0 Å². The molecule has 4 amide bonds. The third-order valence-electron chi connectivity index (χ3n) is 15.9. The van der Waals surface area contributed by atoms with Crippen molar-refractivity contribution in [2.75, 3.05) is 45.8 Å². The molecule has 14 heteroatoms. The van der Waals surface area contributed by atoms with Crippen molar-refractivity contribution in [3.05, 3.63) is 0 Å². The summed E-state index contributed by atoms with van der Waals surface area (Å²) in [5.74, 6) is 0.939. The van der Waals surface area contributed by atoms with Crippen LogP contribution in [-0.2, 0) is 19.0 Å². The minimum Gasteiger partial charge on any atom is -0.446 e. The number of carbonyl (C=O) groups is 4. The first-order valence-corrected chi connectivity index (χ1v) is 25.1. The smallest absolute Gasteiger partial charge is 0.407 e. The number of nitrogens with one attached hydrogen (secondary N) is 4. The number of ether oxygens (including phenoxy) is 3. The van der Waals surface area contributed by atoms with Crippen molar-refractivity contribution in [1.82, 2.24) is 21.3 Å². The molecule has 4 saturated carbocycles. The van der Waals surface area contributed by atoms with E-state index in [4.69, 9.17) is 31.4 Å². The highest BCUT2D eigenvalue weighted by atomic mass is 16.6. The molecule has 4 rings (SSSR count). The second kappa shape index (κ2) is 26.8.